The van der Waals surface area contributed by atoms with Gasteiger partial charge in [0.05, 0.1) is 12.0 Å². The molecule has 0 bridgehead atoms. The molecule has 1 aliphatic carbocycles. The van der Waals surface area contributed by atoms with Crippen LogP contribution in [0.1, 0.15) is 45.2 Å². The lowest BCUT2D eigenvalue weighted by Crippen LogP contribution is -2.37. The summed E-state index contributed by atoms with van der Waals surface area (Å²) in [6.07, 6.45) is 9.26. The predicted octanol–water partition coefficient (Wildman–Crippen LogP) is 2.57. The van der Waals surface area contributed by atoms with Crippen LogP contribution in [-0.4, -0.2) is 16.1 Å². The Kier molecular flexibility index (Phi) is 3.64. The molecule has 2 rings (SSSR count). The van der Waals surface area contributed by atoms with Crippen molar-refractivity contribution in [3.63, 3.8) is 0 Å². The Labute approximate surface area is 98.3 Å². The van der Waals surface area contributed by atoms with Crippen molar-refractivity contribution in [1.82, 2.24) is 14.9 Å². The summed E-state index contributed by atoms with van der Waals surface area (Å²) >= 11 is 0. The molecule has 1 aromatic heterocycles. The summed E-state index contributed by atoms with van der Waals surface area (Å²) in [6, 6.07) is 0. The van der Waals surface area contributed by atoms with E-state index in [4.69, 9.17) is 0 Å². The largest absolute Gasteiger partial charge is 0.333 e. The van der Waals surface area contributed by atoms with Crippen molar-refractivity contribution in [3.05, 3.63) is 18.2 Å². The zero-order valence-corrected chi connectivity index (χ0v) is 10.5. The molecule has 0 unspecified atom stereocenters. The van der Waals surface area contributed by atoms with Crippen LogP contribution in [0, 0.1) is 5.41 Å². The maximum Gasteiger partial charge on any atom is 0.0948 e. The molecule has 1 aromatic rings. The van der Waals surface area contributed by atoms with E-state index in [1.54, 1.807) is 0 Å². The topological polar surface area (TPSA) is 29.9 Å². The van der Waals surface area contributed by atoms with Gasteiger partial charge in [-0.25, -0.2) is 4.98 Å². The van der Waals surface area contributed by atoms with Gasteiger partial charge in [-0.1, -0.05) is 20.3 Å². The number of hydrogen-bond acceptors (Lipinski definition) is 2. The van der Waals surface area contributed by atoms with Crippen LogP contribution in [0.4, 0.5) is 0 Å². The number of aromatic nitrogens is 2. The fourth-order valence-electron chi connectivity index (χ4n) is 2.39. The minimum atomic E-state index is 0.565. The second-order valence-corrected chi connectivity index (χ2v) is 5.35. The first-order valence-corrected chi connectivity index (χ1v) is 6.43. The average Bonchev–Trinajstić information content (AvgIpc) is 2.64. The monoisotopic (exact) mass is 221 g/mol. The van der Waals surface area contributed by atoms with Crippen LogP contribution in [0.15, 0.2) is 12.5 Å². The van der Waals surface area contributed by atoms with Gasteiger partial charge in [0.15, 0.2) is 0 Å². The average molecular weight is 221 g/mol. The molecule has 3 heteroatoms. The summed E-state index contributed by atoms with van der Waals surface area (Å²) in [5.74, 6) is 0. The van der Waals surface area contributed by atoms with Gasteiger partial charge in [0.2, 0.25) is 0 Å². The Hall–Kier alpha value is -0.830. The molecule has 0 radical (unpaired) electrons. The summed E-state index contributed by atoms with van der Waals surface area (Å²) < 4.78 is 2.25. The van der Waals surface area contributed by atoms with Crippen molar-refractivity contribution in [2.24, 2.45) is 5.41 Å². The lowest BCUT2D eigenvalue weighted by Gasteiger charge is -2.38. The van der Waals surface area contributed by atoms with Crippen LogP contribution in [0.5, 0.6) is 0 Å². The molecule has 0 atom stereocenters. The van der Waals surface area contributed by atoms with Crippen molar-refractivity contribution >= 4 is 0 Å². The lowest BCUT2D eigenvalue weighted by atomic mass is 9.70. The zero-order chi connectivity index (χ0) is 11.4. The summed E-state index contributed by atoms with van der Waals surface area (Å²) in [7, 11) is 0. The molecule has 1 fully saturated rings. The van der Waals surface area contributed by atoms with Gasteiger partial charge in [0.25, 0.3) is 0 Å². The standard InChI is InChI=1S/C13H23N3/c1-3-7-16-11-15-9-12(16)8-14-10-13(2)5-4-6-13/h9,11,14H,3-8,10H2,1-2H3. The second-order valence-electron chi connectivity index (χ2n) is 5.35. The van der Waals surface area contributed by atoms with Crippen molar-refractivity contribution < 1.29 is 0 Å². The lowest BCUT2D eigenvalue weighted by molar-refractivity contribution is 0.156. The summed E-state index contributed by atoms with van der Waals surface area (Å²) in [5.41, 5.74) is 1.88. The summed E-state index contributed by atoms with van der Waals surface area (Å²) in [6.45, 7) is 7.76. The third-order valence-corrected chi connectivity index (χ3v) is 3.68. The van der Waals surface area contributed by atoms with E-state index in [2.05, 4.69) is 28.7 Å². The highest BCUT2D eigenvalue weighted by Crippen LogP contribution is 2.39. The Morgan fingerprint density at radius 3 is 2.94 bits per heavy atom. The van der Waals surface area contributed by atoms with E-state index in [1.807, 2.05) is 12.5 Å². The van der Waals surface area contributed by atoms with Crippen LogP contribution in [0.25, 0.3) is 0 Å². The molecular weight excluding hydrogens is 198 g/mol. The molecule has 1 heterocycles. The fraction of sp³-hybridized carbons (Fsp3) is 0.769. The first-order chi connectivity index (χ1) is 7.73. The van der Waals surface area contributed by atoms with Gasteiger partial charge in [-0.05, 0) is 24.7 Å². The van der Waals surface area contributed by atoms with Crippen LogP contribution in [0.2, 0.25) is 0 Å². The smallest absolute Gasteiger partial charge is 0.0948 e. The number of hydrogen-bond donors (Lipinski definition) is 1. The third kappa shape index (κ3) is 2.64. The highest BCUT2D eigenvalue weighted by Gasteiger charge is 2.30. The van der Waals surface area contributed by atoms with Crippen molar-refractivity contribution in [3.8, 4) is 0 Å². The maximum atomic E-state index is 4.21. The Bertz CT molecular complexity index is 326. The van der Waals surface area contributed by atoms with Crippen LogP contribution in [-0.2, 0) is 13.1 Å². The minimum absolute atomic E-state index is 0.565. The van der Waals surface area contributed by atoms with Crippen LogP contribution in [0.3, 0.4) is 0 Å². The molecule has 0 amide bonds. The fourth-order valence-corrected chi connectivity index (χ4v) is 2.39. The molecule has 0 aromatic carbocycles. The molecule has 0 spiro atoms. The van der Waals surface area contributed by atoms with Crippen LogP contribution < -0.4 is 5.32 Å². The van der Waals surface area contributed by atoms with Crippen molar-refractivity contribution in [2.75, 3.05) is 6.54 Å². The number of rotatable bonds is 6. The van der Waals surface area contributed by atoms with Crippen LogP contribution >= 0.6 is 0 Å². The van der Waals surface area contributed by atoms with Crippen molar-refractivity contribution in [2.45, 2.75) is 52.6 Å². The normalized spacial score (nSPS) is 18.4. The molecule has 1 aliphatic rings. The van der Waals surface area contributed by atoms with Gasteiger partial charge in [0, 0.05) is 25.8 Å². The van der Waals surface area contributed by atoms with E-state index in [1.165, 1.54) is 31.4 Å². The Morgan fingerprint density at radius 1 is 1.50 bits per heavy atom. The third-order valence-electron chi connectivity index (χ3n) is 3.68. The predicted molar refractivity (Wildman–Crippen MR) is 66.2 cm³/mol. The van der Waals surface area contributed by atoms with E-state index in [0.29, 0.717) is 5.41 Å². The molecule has 0 saturated heterocycles. The molecule has 1 saturated carbocycles. The summed E-state index contributed by atoms with van der Waals surface area (Å²) in [5, 5.41) is 3.57. The molecule has 0 aliphatic heterocycles. The van der Waals surface area contributed by atoms with E-state index in [0.717, 1.165) is 19.6 Å². The van der Waals surface area contributed by atoms with E-state index < -0.39 is 0 Å². The summed E-state index contributed by atoms with van der Waals surface area (Å²) in [4.78, 5) is 4.21. The van der Waals surface area contributed by atoms with Gasteiger partial charge in [-0.2, -0.15) is 0 Å². The second kappa shape index (κ2) is 5.00. The molecule has 3 nitrogen and oxygen atoms in total. The first-order valence-electron chi connectivity index (χ1n) is 6.43. The Balaban J connectivity index is 1.78. The molecule has 90 valence electrons. The van der Waals surface area contributed by atoms with E-state index in [9.17, 15) is 0 Å². The quantitative estimate of drug-likeness (QED) is 0.800. The number of imidazole rings is 1. The number of nitrogens with one attached hydrogen (secondary N) is 1. The number of aryl methyl sites for hydroxylation is 1. The highest BCUT2D eigenvalue weighted by atomic mass is 15.1. The van der Waals surface area contributed by atoms with Gasteiger partial charge < -0.3 is 9.88 Å². The molecule has 1 N–H and O–H groups in total. The number of nitrogens with zero attached hydrogens (tertiary/aromatic N) is 2. The van der Waals surface area contributed by atoms with E-state index in [-0.39, 0.29) is 0 Å². The highest BCUT2D eigenvalue weighted by molar-refractivity contribution is 4.98. The maximum absolute atomic E-state index is 4.21. The van der Waals surface area contributed by atoms with Gasteiger partial charge in [-0.15, -0.1) is 0 Å². The zero-order valence-electron chi connectivity index (χ0n) is 10.5. The molecular formula is C13H23N3. The minimum Gasteiger partial charge on any atom is -0.333 e. The van der Waals surface area contributed by atoms with Gasteiger partial charge in [-0.3, -0.25) is 0 Å². The van der Waals surface area contributed by atoms with E-state index >= 15 is 0 Å². The van der Waals surface area contributed by atoms with Gasteiger partial charge in [0.1, 0.15) is 0 Å². The van der Waals surface area contributed by atoms with Gasteiger partial charge >= 0.3 is 0 Å². The first kappa shape index (κ1) is 11.6. The van der Waals surface area contributed by atoms with Crippen molar-refractivity contribution in [1.29, 1.82) is 0 Å². The SMILES string of the molecule is CCCn1cncc1CNCC1(C)CCC1. The Morgan fingerprint density at radius 2 is 2.31 bits per heavy atom. The molecule has 16 heavy (non-hydrogen) atoms.